The third-order valence-corrected chi connectivity index (χ3v) is 8.36. The molecule has 1 aliphatic heterocycles. The fourth-order valence-electron chi connectivity index (χ4n) is 6.18. The largest absolute Gasteiger partial charge is 0.465 e. The zero-order valence-electron chi connectivity index (χ0n) is 23.0. The van der Waals surface area contributed by atoms with E-state index >= 15 is 0 Å². The molecule has 0 radical (unpaired) electrons. The number of likely N-dealkylation sites (N-methyl/N-ethyl adjacent to an activating group) is 2. The number of amides is 1. The number of hydrogen-bond donors (Lipinski definition) is 1. The first kappa shape index (κ1) is 28.1. The molecule has 9 heteroatoms. The highest BCUT2D eigenvalue weighted by Crippen LogP contribution is 2.52. The molecule has 3 aliphatic rings. The maximum Gasteiger partial charge on any atom is 0.407 e. The monoisotopic (exact) mass is 518 g/mol. The van der Waals surface area contributed by atoms with Gasteiger partial charge in [-0.2, -0.15) is 5.10 Å². The van der Waals surface area contributed by atoms with Crippen molar-refractivity contribution in [3.8, 4) is 0 Å². The molecule has 1 aromatic heterocycles. The smallest absolute Gasteiger partial charge is 0.407 e. The van der Waals surface area contributed by atoms with E-state index in [1.165, 1.54) is 41.7 Å². The number of methoxy groups -OCH3 is 1. The molecular formula is C28H46N4O5. The third kappa shape index (κ3) is 7.13. The molecule has 1 saturated heterocycles. The Morgan fingerprint density at radius 3 is 2.73 bits per heavy atom. The zero-order chi connectivity index (χ0) is 26.3. The van der Waals surface area contributed by atoms with E-state index in [-0.39, 0.29) is 17.7 Å². The molecule has 2 atom stereocenters. The number of aromatic nitrogens is 2. The third-order valence-electron chi connectivity index (χ3n) is 8.36. The fraction of sp³-hybridized carbons (Fsp3) is 0.786. The van der Waals surface area contributed by atoms with Crippen molar-refractivity contribution < 1.29 is 24.1 Å². The Kier molecular flexibility index (Phi) is 10.0. The standard InChI is InChI=1S/C28H46N4O5/c1-30(14-15-31(2)27(33)34)20-23-21-32(25-9-4-7-17-37-25)29-26(23)22-10-11-24(36-18-8-16-35-3)28(19-22)12-5-6-13-28/h10,21,24-25H,4-9,11-20H2,1-3H3,(H,33,34). The van der Waals surface area contributed by atoms with Gasteiger partial charge in [-0.05, 0) is 64.0 Å². The summed E-state index contributed by atoms with van der Waals surface area (Å²) in [5.41, 5.74) is 3.79. The molecule has 2 unspecified atom stereocenters. The van der Waals surface area contributed by atoms with Gasteiger partial charge in [0.15, 0.2) is 0 Å². The van der Waals surface area contributed by atoms with E-state index in [0.29, 0.717) is 13.1 Å². The number of hydrogen-bond acceptors (Lipinski definition) is 6. The number of rotatable bonds is 12. The molecule has 0 aromatic carbocycles. The van der Waals surface area contributed by atoms with Crippen LogP contribution in [0.15, 0.2) is 12.3 Å². The van der Waals surface area contributed by atoms with E-state index in [1.807, 2.05) is 11.7 Å². The zero-order valence-corrected chi connectivity index (χ0v) is 23.0. The summed E-state index contributed by atoms with van der Waals surface area (Å²) in [6.07, 6.45) is 14.9. The van der Waals surface area contributed by atoms with Crippen molar-refractivity contribution in [3.63, 3.8) is 0 Å². The summed E-state index contributed by atoms with van der Waals surface area (Å²) in [5, 5.41) is 14.3. The molecule has 1 aromatic rings. The molecule has 1 saturated carbocycles. The van der Waals surface area contributed by atoms with Crippen LogP contribution in [0.1, 0.15) is 81.7 Å². The molecule has 2 fully saturated rings. The molecular weight excluding hydrogens is 472 g/mol. The SMILES string of the molecule is COCCCOC1CC=C(c2nn(C3CCCCO3)cc2CN(C)CCN(C)C(=O)O)CC12CCCC2. The van der Waals surface area contributed by atoms with Crippen LogP contribution in [-0.4, -0.2) is 91.0 Å². The first-order chi connectivity index (χ1) is 17.9. The highest BCUT2D eigenvalue weighted by Gasteiger charge is 2.45. The lowest BCUT2D eigenvalue weighted by atomic mass is 9.69. The van der Waals surface area contributed by atoms with Crippen molar-refractivity contribution in [2.24, 2.45) is 5.41 Å². The molecule has 1 spiro atoms. The van der Waals surface area contributed by atoms with Crippen LogP contribution in [0.25, 0.3) is 5.57 Å². The summed E-state index contributed by atoms with van der Waals surface area (Å²) in [4.78, 5) is 14.7. The second kappa shape index (κ2) is 13.2. The van der Waals surface area contributed by atoms with Gasteiger partial charge in [-0.25, -0.2) is 9.48 Å². The number of ether oxygens (including phenoxy) is 3. The molecule has 0 bridgehead atoms. The van der Waals surface area contributed by atoms with Crippen LogP contribution in [0.2, 0.25) is 0 Å². The van der Waals surface area contributed by atoms with Crippen molar-refractivity contribution in [2.45, 2.75) is 83.1 Å². The van der Waals surface area contributed by atoms with Crippen LogP contribution >= 0.6 is 0 Å². The maximum absolute atomic E-state index is 11.2. The van der Waals surface area contributed by atoms with E-state index in [0.717, 1.165) is 70.6 Å². The minimum Gasteiger partial charge on any atom is -0.465 e. The van der Waals surface area contributed by atoms with Gasteiger partial charge in [-0.1, -0.05) is 18.9 Å². The quantitative estimate of drug-likeness (QED) is 0.398. The molecule has 9 nitrogen and oxygen atoms in total. The second-order valence-corrected chi connectivity index (χ2v) is 11.2. The first-order valence-electron chi connectivity index (χ1n) is 14.0. The van der Waals surface area contributed by atoms with Gasteiger partial charge in [0.25, 0.3) is 0 Å². The Bertz CT molecular complexity index is 904. The molecule has 1 N–H and O–H groups in total. The summed E-state index contributed by atoms with van der Waals surface area (Å²) in [5.74, 6) is 0. The lowest BCUT2D eigenvalue weighted by Gasteiger charge is -2.41. The molecule has 1 amide bonds. The second-order valence-electron chi connectivity index (χ2n) is 11.2. The molecule has 208 valence electrons. The first-order valence-corrected chi connectivity index (χ1v) is 14.0. The minimum atomic E-state index is -0.899. The van der Waals surface area contributed by atoms with Crippen molar-refractivity contribution >= 4 is 11.7 Å². The predicted molar refractivity (Wildman–Crippen MR) is 142 cm³/mol. The highest BCUT2D eigenvalue weighted by molar-refractivity contribution is 5.67. The van der Waals surface area contributed by atoms with Crippen LogP contribution < -0.4 is 0 Å². The van der Waals surface area contributed by atoms with Crippen molar-refractivity contribution in [2.75, 3.05) is 54.1 Å². The van der Waals surface area contributed by atoms with Crippen LogP contribution in [-0.2, 0) is 20.8 Å². The van der Waals surface area contributed by atoms with Gasteiger partial charge in [0, 0.05) is 70.8 Å². The highest BCUT2D eigenvalue weighted by atomic mass is 16.5. The summed E-state index contributed by atoms with van der Waals surface area (Å²) in [6.45, 7) is 4.11. The van der Waals surface area contributed by atoms with E-state index in [9.17, 15) is 9.90 Å². The van der Waals surface area contributed by atoms with Gasteiger partial charge in [-0.3, -0.25) is 0 Å². The fourth-order valence-corrected chi connectivity index (χ4v) is 6.18. The van der Waals surface area contributed by atoms with Crippen LogP contribution in [0, 0.1) is 5.41 Å². The van der Waals surface area contributed by atoms with Crippen LogP contribution in [0.3, 0.4) is 0 Å². The van der Waals surface area contributed by atoms with E-state index < -0.39 is 6.09 Å². The van der Waals surface area contributed by atoms with Gasteiger partial charge in [0.1, 0.15) is 6.23 Å². The number of allylic oxidation sites excluding steroid dienone is 1. The van der Waals surface area contributed by atoms with E-state index in [2.05, 4.69) is 17.2 Å². The van der Waals surface area contributed by atoms with Crippen molar-refractivity contribution in [1.82, 2.24) is 19.6 Å². The lowest BCUT2D eigenvalue weighted by molar-refractivity contribution is -0.0441. The Morgan fingerprint density at radius 2 is 2.03 bits per heavy atom. The summed E-state index contributed by atoms with van der Waals surface area (Å²) in [6, 6.07) is 0. The van der Waals surface area contributed by atoms with Crippen molar-refractivity contribution in [3.05, 3.63) is 23.5 Å². The average Bonchev–Trinajstić information content (AvgIpc) is 3.54. The van der Waals surface area contributed by atoms with E-state index in [1.54, 1.807) is 14.2 Å². The Morgan fingerprint density at radius 1 is 1.22 bits per heavy atom. The van der Waals surface area contributed by atoms with E-state index in [4.69, 9.17) is 19.3 Å². The van der Waals surface area contributed by atoms with Gasteiger partial charge in [0.2, 0.25) is 0 Å². The minimum absolute atomic E-state index is 0.00815. The average molecular weight is 519 g/mol. The number of carboxylic acid groups (broad SMARTS) is 1. The van der Waals surface area contributed by atoms with Crippen LogP contribution in [0.4, 0.5) is 4.79 Å². The van der Waals surface area contributed by atoms with Crippen LogP contribution in [0.5, 0.6) is 0 Å². The summed E-state index contributed by atoms with van der Waals surface area (Å²) in [7, 11) is 5.40. The summed E-state index contributed by atoms with van der Waals surface area (Å²) >= 11 is 0. The molecule has 2 aliphatic carbocycles. The number of carbonyl (C=O) groups is 1. The van der Waals surface area contributed by atoms with Gasteiger partial charge in [-0.15, -0.1) is 0 Å². The Balaban J connectivity index is 1.53. The number of nitrogens with zero attached hydrogens (tertiary/aromatic N) is 4. The normalized spacial score (nSPS) is 23.5. The predicted octanol–water partition coefficient (Wildman–Crippen LogP) is 4.78. The topological polar surface area (TPSA) is 89.3 Å². The molecule has 2 heterocycles. The molecule has 37 heavy (non-hydrogen) atoms. The Labute approximate surface area is 221 Å². The van der Waals surface area contributed by atoms with Gasteiger partial charge < -0.3 is 29.1 Å². The Hall–Kier alpha value is -1.94. The molecule has 4 rings (SSSR count). The lowest BCUT2D eigenvalue weighted by Crippen LogP contribution is -2.38. The van der Waals surface area contributed by atoms with Crippen molar-refractivity contribution in [1.29, 1.82) is 0 Å². The van der Waals surface area contributed by atoms with Gasteiger partial charge in [0.05, 0.1) is 11.8 Å². The summed E-state index contributed by atoms with van der Waals surface area (Å²) < 4.78 is 19.8. The van der Waals surface area contributed by atoms with Gasteiger partial charge >= 0.3 is 6.09 Å². The maximum atomic E-state index is 11.2.